The molecule has 102 valence electrons. The zero-order chi connectivity index (χ0) is 14.3. The molecule has 0 amide bonds. The quantitative estimate of drug-likeness (QED) is 0.778. The van der Waals surface area contributed by atoms with Crippen LogP contribution in [0, 0.1) is 13.8 Å². The van der Waals surface area contributed by atoms with Crippen molar-refractivity contribution in [3.63, 3.8) is 0 Å². The standard InChI is InChI=1S/C16H15NO3/c1-10-3-6-15-13(7-10)17(16(19)20-15)9-12-5-4-11(2)14(18)8-12/h3-8,18H,9H2,1-2H3. The minimum atomic E-state index is -0.384. The summed E-state index contributed by atoms with van der Waals surface area (Å²) in [5.74, 6) is -0.148. The molecule has 1 heterocycles. The van der Waals surface area contributed by atoms with Crippen molar-refractivity contribution in [3.8, 4) is 5.75 Å². The van der Waals surface area contributed by atoms with E-state index in [-0.39, 0.29) is 11.5 Å². The summed E-state index contributed by atoms with van der Waals surface area (Å²) in [5, 5.41) is 9.74. The number of hydrogen-bond donors (Lipinski definition) is 1. The van der Waals surface area contributed by atoms with Crippen molar-refractivity contribution in [2.45, 2.75) is 20.4 Å². The minimum absolute atomic E-state index is 0.236. The van der Waals surface area contributed by atoms with E-state index in [1.807, 2.05) is 38.1 Å². The topological polar surface area (TPSA) is 55.4 Å². The molecule has 0 radical (unpaired) electrons. The highest BCUT2D eigenvalue weighted by Gasteiger charge is 2.10. The van der Waals surface area contributed by atoms with Crippen LogP contribution in [0.5, 0.6) is 5.75 Å². The first-order chi connectivity index (χ1) is 9.54. The maximum atomic E-state index is 11.9. The molecule has 0 aliphatic rings. The molecule has 4 heteroatoms. The summed E-state index contributed by atoms with van der Waals surface area (Å²) in [7, 11) is 0. The summed E-state index contributed by atoms with van der Waals surface area (Å²) in [5.41, 5.74) is 4.10. The molecule has 0 saturated carbocycles. The largest absolute Gasteiger partial charge is 0.508 e. The number of phenolic OH excluding ortho intramolecular Hbond substituents is 1. The van der Waals surface area contributed by atoms with Gasteiger partial charge in [-0.2, -0.15) is 0 Å². The van der Waals surface area contributed by atoms with Crippen LogP contribution in [0.4, 0.5) is 0 Å². The minimum Gasteiger partial charge on any atom is -0.508 e. The third-order valence-corrected chi connectivity index (χ3v) is 3.44. The summed E-state index contributed by atoms with van der Waals surface area (Å²) >= 11 is 0. The van der Waals surface area contributed by atoms with Gasteiger partial charge in [0.25, 0.3) is 0 Å². The second-order valence-electron chi connectivity index (χ2n) is 5.05. The number of aromatic nitrogens is 1. The third-order valence-electron chi connectivity index (χ3n) is 3.44. The highest BCUT2D eigenvalue weighted by molar-refractivity contribution is 5.73. The number of rotatable bonds is 2. The summed E-state index contributed by atoms with van der Waals surface area (Å²) in [6.07, 6.45) is 0. The third kappa shape index (κ3) is 2.09. The molecule has 0 unspecified atom stereocenters. The monoisotopic (exact) mass is 269 g/mol. The zero-order valence-electron chi connectivity index (χ0n) is 11.4. The Kier molecular flexibility index (Phi) is 2.86. The number of hydrogen-bond acceptors (Lipinski definition) is 3. The molecule has 2 aromatic carbocycles. The highest BCUT2D eigenvalue weighted by atomic mass is 16.4. The van der Waals surface area contributed by atoms with Gasteiger partial charge in [-0.15, -0.1) is 0 Å². The molecule has 20 heavy (non-hydrogen) atoms. The molecule has 0 spiro atoms. The van der Waals surface area contributed by atoms with E-state index < -0.39 is 0 Å². The number of aromatic hydroxyl groups is 1. The first-order valence-corrected chi connectivity index (χ1v) is 6.43. The molecule has 0 aliphatic carbocycles. The summed E-state index contributed by atoms with van der Waals surface area (Å²) in [6, 6.07) is 11.0. The average Bonchev–Trinajstić information content (AvgIpc) is 2.70. The Balaban J connectivity index is 2.10. The maximum absolute atomic E-state index is 11.9. The van der Waals surface area contributed by atoms with Gasteiger partial charge in [-0.05, 0) is 48.7 Å². The van der Waals surface area contributed by atoms with Gasteiger partial charge in [-0.3, -0.25) is 4.57 Å². The van der Waals surface area contributed by atoms with Crippen LogP contribution in [0.25, 0.3) is 11.1 Å². The first-order valence-electron chi connectivity index (χ1n) is 6.43. The van der Waals surface area contributed by atoms with Crippen LogP contribution in [-0.4, -0.2) is 9.67 Å². The number of fused-ring (bicyclic) bond motifs is 1. The van der Waals surface area contributed by atoms with Crippen LogP contribution in [0.3, 0.4) is 0 Å². The number of benzene rings is 2. The van der Waals surface area contributed by atoms with E-state index in [2.05, 4.69) is 0 Å². The van der Waals surface area contributed by atoms with E-state index in [1.54, 1.807) is 16.7 Å². The van der Waals surface area contributed by atoms with Gasteiger partial charge in [-0.1, -0.05) is 18.2 Å². The average molecular weight is 269 g/mol. The predicted octanol–water partition coefficient (Wildman–Crippen LogP) is 2.97. The van der Waals surface area contributed by atoms with Crippen molar-refractivity contribution in [3.05, 3.63) is 63.6 Å². The van der Waals surface area contributed by atoms with Crippen molar-refractivity contribution >= 4 is 11.1 Å². The molecule has 3 aromatic rings. The van der Waals surface area contributed by atoms with Crippen molar-refractivity contribution in [1.82, 2.24) is 4.57 Å². The second-order valence-corrected chi connectivity index (χ2v) is 5.05. The lowest BCUT2D eigenvalue weighted by molar-refractivity contribution is 0.469. The molecule has 0 fully saturated rings. The van der Waals surface area contributed by atoms with Gasteiger partial charge in [-0.25, -0.2) is 4.79 Å². The Morgan fingerprint density at radius 1 is 1.15 bits per heavy atom. The van der Waals surface area contributed by atoms with Crippen molar-refractivity contribution in [2.75, 3.05) is 0 Å². The fourth-order valence-corrected chi connectivity index (χ4v) is 2.26. The summed E-state index contributed by atoms with van der Waals surface area (Å²) in [6.45, 7) is 4.18. The lowest BCUT2D eigenvalue weighted by Gasteiger charge is -2.05. The van der Waals surface area contributed by atoms with Crippen molar-refractivity contribution in [1.29, 1.82) is 0 Å². The highest BCUT2D eigenvalue weighted by Crippen LogP contribution is 2.20. The van der Waals surface area contributed by atoms with Gasteiger partial charge in [0, 0.05) is 0 Å². The molecule has 1 N–H and O–H groups in total. The predicted molar refractivity (Wildman–Crippen MR) is 77.2 cm³/mol. The maximum Gasteiger partial charge on any atom is 0.420 e. The van der Waals surface area contributed by atoms with Crippen molar-refractivity contribution < 1.29 is 9.52 Å². The molecule has 0 atom stereocenters. The van der Waals surface area contributed by atoms with Gasteiger partial charge in [0.2, 0.25) is 0 Å². The zero-order valence-corrected chi connectivity index (χ0v) is 11.4. The normalized spacial score (nSPS) is 11.1. The second kappa shape index (κ2) is 4.56. The number of phenols is 1. The Labute approximate surface area is 115 Å². The van der Waals surface area contributed by atoms with Crippen LogP contribution < -0.4 is 5.76 Å². The van der Waals surface area contributed by atoms with Gasteiger partial charge in [0.1, 0.15) is 5.75 Å². The molecule has 0 aliphatic heterocycles. The van der Waals surface area contributed by atoms with E-state index in [4.69, 9.17) is 4.42 Å². The SMILES string of the molecule is Cc1ccc2oc(=O)n(Cc3ccc(C)c(O)c3)c2c1. The Morgan fingerprint density at radius 3 is 2.70 bits per heavy atom. The molecule has 3 rings (SSSR count). The Bertz CT molecular complexity index is 843. The van der Waals surface area contributed by atoms with Crippen LogP contribution in [0.2, 0.25) is 0 Å². The lowest BCUT2D eigenvalue weighted by atomic mass is 10.1. The van der Waals surface area contributed by atoms with Gasteiger partial charge in [0.05, 0.1) is 12.1 Å². The smallest absolute Gasteiger partial charge is 0.420 e. The Hall–Kier alpha value is -2.49. The molecule has 0 saturated heterocycles. The number of nitrogens with zero attached hydrogens (tertiary/aromatic N) is 1. The summed E-state index contributed by atoms with van der Waals surface area (Å²) in [4.78, 5) is 11.9. The molecule has 0 bridgehead atoms. The van der Waals surface area contributed by atoms with Gasteiger partial charge >= 0.3 is 5.76 Å². The lowest BCUT2D eigenvalue weighted by Crippen LogP contribution is -2.14. The first kappa shape index (κ1) is 12.5. The van der Waals surface area contributed by atoms with E-state index in [0.29, 0.717) is 12.1 Å². The van der Waals surface area contributed by atoms with E-state index >= 15 is 0 Å². The molecular formula is C16H15NO3. The number of aryl methyl sites for hydroxylation is 2. The molecule has 4 nitrogen and oxygen atoms in total. The van der Waals surface area contributed by atoms with Gasteiger partial charge < -0.3 is 9.52 Å². The summed E-state index contributed by atoms with van der Waals surface area (Å²) < 4.78 is 6.80. The van der Waals surface area contributed by atoms with E-state index in [0.717, 1.165) is 22.2 Å². The van der Waals surface area contributed by atoms with E-state index in [9.17, 15) is 9.90 Å². The van der Waals surface area contributed by atoms with Crippen molar-refractivity contribution in [2.24, 2.45) is 0 Å². The van der Waals surface area contributed by atoms with Crippen LogP contribution in [0.15, 0.2) is 45.6 Å². The van der Waals surface area contributed by atoms with Gasteiger partial charge in [0.15, 0.2) is 5.58 Å². The number of oxazole rings is 1. The fourth-order valence-electron chi connectivity index (χ4n) is 2.26. The Morgan fingerprint density at radius 2 is 1.95 bits per heavy atom. The fraction of sp³-hybridized carbons (Fsp3) is 0.188. The van der Waals surface area contributed by atoms with Crippen LogP contribution in [0.1, 0.15) is 16.7 Å². The van der Waals surface area contributed by atoms with E-state index in [1.165, 1.54) is 0 Å². The molecule has 1 aromatic heterocycles. The van der Waals surface area contributed by atoms with Crippen LogP contribution in [-0.2, 0) is 6.54 Å². The van der Waals surface area contributed by atoms with Crippen LogP contribution >= 0.6 is 0 Å². The molecular weight excluding hydrogens is 254 g/mol.